The first-order chi connectivity index (χ1) is 9.38. The van der Waals surface area contributed by atoms with Crippen molar-refractivity contribution in [2.45, 2.75) is 32.2 Å². The van der Waals surface area contributed by atoms with Crippen LogP contribution in [0.5, 0.6) is 0 Å². The van der Waals surface area contributed by atoms with Crippen molar-refractivity contribution in [1.29, 1.82) is 0 Å². The number of nitrogens with one attached hydrogen (secondary N) is 1. The van der Waals surface area contributed by atoms with Crippen LogP contribution in [0.1, 0.15) is 26.7 Å². The molecule has 5 nitrogen and oxygen atoms in total. The predicted molar refractivity (Wildman–Crippen MR) is 78.8 cm³/mol. The van der Waals surface area contributed by atoms with E-state index in [1.807, 2.05) is 44.2 Å². The van der Waals surface area contributed by atoms with Gasteiger partial charge in [-0.2, -0.15) is 0 Å². The number of carboxylic acids is 1. The lowest BCUT2D eigenvalue weighted by molar-refractivity contribution is -0.137. The van der Waals surface area contributed by atoms with Crippen LogP contribution in [0.25, 0.3) is 0 Å². The summed E-state index contributed by atoms with van der Waals surface area (Å²) in [5.41, 5.74) is 0.0882. The van der Waals surface area contributed by atoms with Gasteiger partial charge in [0.15, 0.2) is 0 Å². The van der Waals surface area contributed by atoms with E-state index >= 15 is 0 Å². The quantitative estimate of drug-likeness (QED) is 0.799. The van der Waals surface area contributed by atoms with Gasteiger partial charge >= 0.3 is 5.97 Å². The lowest BCUT2D eigenvalue weighted by Crippen LogP contribution is -2.53. The van der Waals surface area contributed by atoms with Gasteiger partial charge in [-0.05, 0) is 39.4 Å². The third-order valence-electron chi connectivity index (χ3n) is 3.25. The fraction of sp³-hybridized carbons (Fsp3) is 0.467. The fourth-order valence-electron chi connectivity index (χ4n) is 1.79. The van der Waals surface area contributed by atoms with Gasteiger partial charge in [-0.15, -0.1) is 0 Å². The number of likely N-dealkylation sites (N-methyl/N-ethyl adjacent to an activating group) is 1. The number of para-hydroxylation sites is 1. The summed E-state index contributed by atoms with van der Waals surface area (Å²) < 4.78 is 0. The molecule has 0 atom stereocenters. The number of carbonyl (C=O) groups is 2. The van der Waals surface area contributed by atoms with Crippen molar-refractivity contribution in [2.24, 2.45) is 0 Å². The minimum absolute atomic E-state index is 0.0522. The van der Waals surface area contributed by atoms with Crippen molar-refractivity contribution in [2.75, 3.05) is 18.5 Å². The molecule has 0 heterocycles. The molecule has 1 amide bonds. The van der Waals surface area contributed by atoms with Crippen LogP contribution in [0.2, 0.25) is 0 Å². The van der Waals surface area contributed by atoms with Gasteiger partial charge in [-0.3, -0.25) is 9.59 Å². The summed E-state index contributed by atoms with van der Waals surface area (Å²) in [7, 11) is 1.73. The van der Waals surface area contributed by atoms with E-state index in [0.717, 1.165) is 5.69 Å². The van der Waals surface area contributed by atoms with Gasteiger partial charge in [0.25, 0.3) is 0 Å². The number of amides is 1. The Morgan fingerprint density at radius 1 is 1.25 bits per heavy atom. The Morgan fingerprint density at radius 3 is 2.35 bits per heavy atom. The van der Waals surface area contributed by atoms with E-state index < -0.39 is 11.5 Å². The maximum absolute atomic E-state index is 12.6. The van der Waals surface area contributed by atoms with Crippen molar-refractivity contribution in [3.63, 3.8) is 0 Å². The first-order valence-corrected chi connectivity index (χ1v) is 6.66. The third-order valence-corrected chi connectivity index (χ3v) is 3.25. The number of carboxylic acid groups (broad SMARTS) is 1. The smallest absolute Gasteiger partial charge is 0.303 e. The van der Waals surface area contributed by atoms with E-state index in [1.165, 1.54) is 0 Å². The Morgan fingerprint density at radius 2 is 1.85 bits per heavy atom. The Kier molecular flexibility index (Phi) is 5.70. The molecular formula is C15H22N2O3. The van der Waals surface area contributed by atoms with Gasteiger partial charge in [-0.1, -0.05) is 18.2 Å². The number of nitrogens with zero attached hydrogens (tertiary/aromatic N) is 1. The second kappa shape index (κ2) is 7.05. The minimum atomic E-state index is -0.849. The molecule has 0 unspecified atom stereocenters. The Hall–Kier alpha value is -1.88. The highest BCUT2D eigenvalue weighted by atomic mass is 16.4. The van der Waals surface area contributed by atoms with Crippen molar-refractivity contribution in [3.05, 3.63) is 30.3 Å². The molecule has 0 spiro atoms. The average molecular weight is 278 g/mol. The molecular weight excluding hydrogens is 256 g/mol. The molecule has 0 aliphatic rings. The molecule has 0 fully saturated rings. The molecule has 0 saturated carbocycles. The molecule has 0 radical (unpaired) electrons. The van der Waals surface area contributed by atoms with E-state index in [1.54, 1.807) is 11.9 Å². The second-order valence-electron chi connectivity index (χ2n) is 5.16. The topological polar surface area (TPSA) is 69.6 Å². The molecule has 2 N–H and O–H groups in total. The Balaban J connectivity index is 2.90. The summed E-state index contributed by atoms with van der Waals surface area (Å²) in [6.07, 6.45) is 0.479. The maximum atomic E-state index is 12.6. The molecule has 0 aliphatic heterocycles. The standard InChI is InChI=1S/C15H22N2O3/c1-15(2,16-3)14(20)17(11-7-10-13(18)19)12-8-5-4-6-9-12/h4-6,8-9,16H,7,10-11H2,1-3H3,(H,18,19). The third kappa shape index (κ3) is 4.35. The van der Waals surface area contributed by atoms with Gasteiger partial charge in [0.05, 0.1) is 5.54 Å². The van der Waals surface area contributed by atoms with Crippen LogP contribution in [-0.4, -0.2) is 36.1 Å². The zero-order chi connectivity index (χ0) is 15.2. The minimum Gasteiger partial charge on any atom is -0.481 e. The van der Waals surface area contributed by atoms with Crippen molar-refractivity contribution < 1.29 is 14.7 Å². The zero-order valence-corrected chi connectivity index (χ0v) is 12.2. The van der Waals surface area contributed by atoms with Crippen LogP contribution < -0.4 is 10.2 Å². The van der Waals surface area contributed by atoms with Crippen LogP contribution >= 0.6 is 0 Å². The number of hydrogen-bond acceptors (Lipinski definition) is 3. The second-order valence-corrected chi connectivity index (χ2v) is 5.16. The predicted octanol–water partition coefficient (Wildman–Crippen LogP) is 1.88. The van der Waals surface area contributed by atoms with Gasteiger partial charge in [0, 0.05) is 18.7 Å². The highest BCUT2D eigenvalue weighted by Crippen LogP contribution is 2.19. The van der Waals surface area contributed by atoms with Gasteiger partial charge < -0.3 is 15.3 Å². The average Bonchev–Trinajstić information content (AvgIpc) is 2.43. The molecule has 0 saturated heterocycles. The summed E-state index contributed by atoms with van der Waals surface area (Å²) in [6, 6.07) is 9.31. The van der Waals surface area contributed by atoms with Crippen molar-refractivity contribution in [3.8, 4) is 0 Å². The highest BCUT2D eigenvalue weighted by molar-refractivity contribution is 5.99. The van der Waals surface area contributed by atoms with Crippen LogP contribution in [-0.2, 0) is 9.59 Å². The van der Waals surface area contributed by atoms with E-state index in [-0.39, 0.29) is 12.3 Å². The SMILES string of the molecule is CNC(C)(C)C(=O)N(CCCC(=O)O)c1ccccc1. The molecule has 1 aromatic carbocycles. The highest BCUT2D eigenvalue weighted by Gasteiger charge is 2.30. The summed E-state index contributed by atoms with van der Waals surface area (Å²) >= 11 is 0. The molecule has 5 heteroatoms. The lowest BCUT2D eigenvalue weighted by atomic mass is 10.0. The molecule has 0 bridgehead atoms. The molecule has 20 heavy (non-hydrogen) atoms. The molecule has 1 rings (SSSR count). The number of rotatable bonds is 7. The van der Waals surface area contributed by atoms with E-state index in [4.69, 9.17) is 5.11 Å². The van der Waals surface area contributed by atoms with E-state index in [0.29, 0.717) is 13.0 Å². The number of anilines is 1. The van der Waals surface area contributed by atoms with E-state index in [2.05, 4.69) is 5.32 Å². The first kappa shape index (κ1) is 16.2. The van der Waals surface area contributed by atoms with Crippen LogP contribution in [0.4, 0.5) is 5.69 Å². The summed E-state index contributed by atoms with van der Waals surface area (Å²) in [5.74, 6) is -0.921. The largest absolute Gasteiger partial charge is 0.481 e. The Labute approximate surface area is 119 Å². The number of aliphatic carboxylic acids is 1. The molecule has 0 aromatic heterocycles. The summed E-state index contributed by atoms with van der Waals surface area (Å²) in [6.45, 7) is 4.01. The van der Waals surface area contributed by atoms with Gasteiger partial charge in [-0.25, -0.2) is 0 Å². The van der Waals surface area contributed by atoms with Crippen molar-refractivity contribution >= 4 is 17.6 Å². The molecule has 110 valence electrons. The number of carbonyl (C=O) groups excluding carboxylic acids is 1. The molecule has 0 aliphatic carbocycles. The molecule has 1 aromatic rings. The Bertz CT molecular complexity index is 457. The monoisotopic (exact) mass is 278 g/mol. The maximum Gasteiger partial charge on any atom is 0.303 e. The zero-order valence-electron chi connectivity index (χ0n) is 12.2. The van der Waals surface area contributed by atoms with Crippen LogP contribution in [0, 0.1) is 0 Å². The normalized spacial score (nSPS) is 11.2. The first-order valence-electron chi connectivity index (χ1n) is 6.66. The number of hydrogen-bond donors (Lipinski definition) is 2. The van der Waals surface area contributed by atoms with Gasteiger partial charge in [0.1, 0.15) is 0 Å². The number of benzene rings is 1. The lowest BCUT2D eigenvalue weighted by Gasteiger charge is -2.31. The summed E-state index contributed by atoms with van der Waals surface area (Å²) in [5, 5.41) is 11.7. The van der Waals surface area contributed by atoms with Gasteiger partial charge in [0.2, 0.25) is 5.91 Å². The van der Waals surface area contributed by atoms with Crippen molar-refractivity contribution in [1.82, 2.24) is 5.32 Å². The van der Waals surface area contributed by atoms with Crippen LogP contribution in [0.3, 0.4) is 0 Å². The fourth-order valence-corrected chi connectivity index (χ4v) is 1.79. The van der Waals surface area contributed by atoms with E-state index in [9.17, 15) is 9.59 Å². The summed E-state index contributed by atoms with van der Waals surface area (Å²) in [4.78, 5) is 24.9. The van der Waals surface area contributed by atoms with Crippen LogP contribution in [0.15, 0.2) is 30.3 Å².